The molecule has 22 heavy (non-hydrogen) atoms. The van der Waals surface area contributed by atoms with Crippen LogP contribution in [0.4, 0.5) is 4.39 Å². The third-order valence-corrected chi connectivity index (χ3v) is 4.71. The lowest BCUT2D eigenvalue weighted by molar-refractivity contribution is 0.309. The second-order valence-corrected chi connectivity index (χ2v) is 6.31. The molecule has 0 N–H and O–H groups in total. The Kier molecular flexibility index (Phi) is 4.57. The van der Waals surface area contributed by atoms with Gasteiger partial charge < -0.3 is 4.74 Å². The molecule has 1 heterocycles. The summed E-state index contributed by atoms with van der Waals surface area (Å²) in [6, 6.07) is 9.90. The molecular weight excluding hydrogens is 324 g/mol. The van der Waals surface area contributed by atoms with Gasteiger partial charge in [0.15, 0.2) is 0 Å². The predicted octanol–water partition coefficient (Wildman–Crippen LogP) is 5.69. The molecule has 1 aliphatic rings. The van der Waals surface area contributed by atoms with Gasteiger partial charge in [0.1, 0.15) is 17.3 Å². The van der Waals surface area contributed by atoms with Crippen molar-refractivity contribution in [3.05, 3.63) is 57.8 Å². The van der Waals surface area contributed by atoms with Gasteiger partial charge in [0, 0.05) is 17.7 Å². The minimum Gasteiger partial charge on any atom is -0.457 e. The first-order valence-corrected chi connectivity index (χ1v) is 7.93. The molecule has 116 valence electrons. The van der Waals surface area contributed by atoms with E-state index in [1.54, 1.807) is 30.3 Å². The molecule has 2 nitrogen and oxygen atoms in total. The lowest BCUT2D eigenvalue weighted by Gasteiger charge is -2.22. The van der Waals surface area contributed by atoms with E-state index in [1.165, 1.54) is 6.07 Å². The van der Waals surface area contributed by atoms with Gasteiger partial charge in [-0.3, -0.25) is 4.90 Å². The first-order chi connectivity index (χ1) is 10.5. The molecule has 1 unspecified atom stereocenters. The van der Waals surface area contributed by atoms with Crippen LogP contribution in [0.1, 0.15) is 24.4 Å². The molecule has 0 saturated carbocycles. The van der Waals surface area contributed by atoms with Crippen LogP contribution in [0.5, 0.6) is 11.5 Å². The molecule has 2 aromatic rings. The zero-order valence-electron chi connectivity index (χ0n) is 12.2. The number of benzene rings is 2. The monoisotopic (exact) mass is 339 g/mol. The topological polar surface area (TPSA) is 12.5 Å². The second kappa shape index (κ2) is 6.45. The van der Waals surface area contributed by atoms with Gasteiger partial charge in [-0.2, -0.15) is 0 Å². The molecule has 0 amide bonds. The lowest BCUT2D eigenvalue weighted by atomic mass is 10.0. The van der Waals surface area contributed by atoms with E-state index in [9.17, 15) is 4.39 Å². The smallest absolute Gasteiger partial charge is 0.132 e. The number of rotatable bonds is 3. The van der Waals surface area contributed by atoms with E-state index < -0.39 is 0 Å². The average molecular weight is 340 g/mol. The molecule has 1 saturated heterocycles. The van der Waals surface area contributed by atoms with E-state index >= 15 is 0 Å². The van der Waals surface area contributed by atoms with Gasteiger partial charge in [0.25, 0.3) is 0 Å². The third-order valence-electron chi connectivity index (χ3n) is 3.97. The van der Waals surface area contributed by atoms with Gasteiger partial charge in [0.05, 0.1) is 10.0 Å². The predicted molar refractivity (Wildman–Crippen MR) is 87.5 cm³/mol. The van der Waals surface area contributed by atoms with Crippen molar-refractivity contribution < 1.29 is 9.13 Å². The summed E-state index contributed by atoms with van der Waals surface area (Å²) in [5, 5.41) is 0.907. The molecular formula is C17H16Cl2FNO. The summed E-state index contributed by atoms with van der Waals surface area (Å²) in [5.41, 5.74) is 0.867. The fourth-order valence-corrected chi connectivity index (χ4v) is 3.13. The maximum absolute atomic E-state index is 13.7. The second-order valence-electron chi connectivity index (χ2n) is 5.50. The molecule has 1 atom stereocenters. The molecule has 3 rings (SSSR count). The molecule has 0 aliphatic carbocycles. The Hall–Kier alpha value is -1.29. The highest BCUT2D eigenvalue weighted by molar-refractivity contribution is 6.42. The van der Waals surface area contributed by atoms with Gasteiger partial charge in [-0.15, -0.1) is 0 Å². The Bertz CT molecular complexity index is 692. The number of likely N-dealkylation sites (tertiary alicyclic amines) is 1. The number of hydrogen-bond donors (Lipinski definition) is 0. The summed E-state index contributed by atoms with van der Waals surface area (Å²) in [6.07, 6.45) is 2.10. The molecule has 0 spiro atoms. The Balaban J connectivity index is 1.94. The van der Waals surface area contributed by atoms with E-state index in [2.05, 4.69) is 4.90 Å². The molecule has 0 radical (unpaired) electrons. The lowest BCUT2D eigenvalue weighted by Crippen LogP contribution is -2.18. The fraction of sp³-hybridized carbons (Fsp3) is 0.294. The molecule has 1 fully saturated rings. The van der Waals surface area contributed by atoms with Gasteiger partial charge in [-0.1, -0.05) is 23.2 Å². The summed E-state index contributed by atoms with van der Waals surface area (Å²) in [5.74, 6) is 0.984. The first-order valence-electron chi connectivity index (χ1n) is 7.17. The zero-order valence-corrected chi connectivity index (χ0v) is 13.7. The van der Waals surface area contributed by atoms with Crippen molar-refractivity contribution in [2.75, 3.05) is 13.6 Å². The van der Waals surface area contributed by atoms with Gasteiger partial charge in [-0.05, 0) is 56.8 Å². The van der Waals surface area contributed by atoms with Crippen LogP contribution in [0.25, 0.3) is 0 Å². The molecule has 0 bridgehead atoms. The van der Waals surface area contributed by atoms with E-state index in [0.29, 0.717) is 21.5 Å². The van der Waals surface area contributed by atoms with Crippen molar-refractivity contribution >= 4 is 23.2 Å². The van der Waals surface area contributed by atoms with Crippen LogP contribution in [0.15, 0.2) is 36.4 Å². The summed E-state index contributed by atoms with van der Waals surface area (Å²) in [4.78, 5) is 2.22. The van der Waals surface area contributed by atoms with Crippen LogP contribution >= 0.6 is 23.2 Å². The summed E-state index contributed by atoms with van der Waals surface area (Å²) < 4.78 is 19.6. The minimum atomic E-state index is -0.253. The Morgan fingerprint density at radius 3 is 2.64 bits per heavy atom. The average Bonchev–Trinajstić information content (AvgIpc) is 2.91. The maximum atomic E-state index is 13.7. The summed E-state index contributed by atoms with van der Waals surface area (Å²) >= 11 is 11.9. The third kappa shape index (κ3) is 3.22. The van der Waals surface area contributed by atoms with Crippen molar-refractivity contribution in [2.24, 2.45) is 0 Å². The van der Waals surface area contributed by atoms with Gasteiger partial charge in [0.2, 0.25) is 0 Å². The largest absolute Gasteiger partial charge is 0.457 e. The fourth-order valence-electron chi connectivity index (χ4n) is 2.84. The standard InChI is InChI=1S/C17H16Cl2FNO/c1-21-8-2-3-16(21)13-9-11(20)4-7-17(13)22-12-5-6-14(18)15(19)10-12/h4-7,9-10,16H,2-3,8H2,1H3. The highest BCUT2D eigenvalue weighted by Gasteiger charge is 2.26. The number of halogens is 3. The van der Waals surface area contributed by atoms with Crippen LogP contribution in [0, 0.1) is 5.82 Å². The highest BCUT2D eigenvalue weighted by Crippen LogP contribution is 2.39. The van der Waals surface area contributed by atoms with Crippen molar-refractivity contribution in [1.29, 1.82) is 0 Å². The Labute approximate surface area is 139 Å². The van der Waals surface area contributed by atoms with E-state index in [4.69, 9.17) is 27.9 Å². The number of ether oxygens (including phenoxy) is 1. The molecule has 0 aromatic heterocycles. The van der Waals surface area contributed by atoms with Crippen LogP contribution in [-0.2, 0) is 0 Å². The van der Waals surface area contributed by atoms with Crippen molar-refractivity contribution in [3.8, 4) is 11.5 Å². The maximum Gasteiger partial charge on any atom is 0.132 e. The number of nitrogens with zero attached hydrogens (tertiary/aromatic N) is 1. The first kappa shape index (κ1) is 15.6. The minimum absolute atomic E-state index is 0.175. The van der Waals surface area contributed by atoms with Gasteiger partial charge in [-0.25, -0.2) is 4.39 Å². The van der Waals surface area contributed by atoms with Crippen LogP contribution < -0.4 is 4.74 Å². The van der Waals surface area contributed by atoms with Crippen LogP contribution in [-0.4, -0.2) is 18.5 Å². The van der Waals surface area contributed by atoms with Crippen molar-refractivity contribution in [3.63, 3.8) is 0 Å². The van der Waals surface area contributed by atoms with Crippen molar-refractivity contribution in [1.82, 2.24) is 4.90 Å². The summed E-state index contributed by atoms with van der Waals surface area (Å²) in [7, 11) is 2.05. The molecule has 1 aliphatic heterocycles. The quantitative estimate of drug-likeness (QED) is 0.711. The Morgan fingerprint density at radius 2 is 1.95 bits per heavy atom. The van der Waals surface area contributed by atoms with E-state index in [0.717, 1.165) is 24.9 Å². The highest BCUT2D eigenvalue weighted by atomic mass is 35.5. The van der Waals surface area contributed by atoms with E-state index in [1.807, 2.05) is 7.05 Å². The van der Waals surface area contributed by atoms with E-state index in [-0.39, 0.29) is 11.9 Å². The zero-order chi connectivity index (χ0) is 15.7. The SMILES string of the molecule is CN1CCCC1c1cc(F)ccc1Oc1ccc(Cl)c(Cl)c1. The number of hydrogen-bond acceptors (Lipinski definition) is 2. The molecule has 2 aromatic carbocycles. The van der Waals surface area contributed by atoms with Crippen molar-refractivity contribution in [2.45, 2.75) is 18.9 Å². The summed E-state index contributed by atoms with van der Waals surface area (Å²) in [6.45, 7) is 1.01. The van der Waals surface area contributed by atoms with Crippen LogP contribution in [0.2, 0.25) is 10.0 Å². The Morgan fingerprint density at radius 1 is 1.14 bits per heavy atom. The van der Waals surface area contributed by atoms with Crippen LogP contribution in [0.3, 0.4) is 0 Å². The normalized spacial score (nSPS) is 18.6. The van der Waals surface area contributed by atoms with Gasteiger partial charge >= 0.3 is 0 Å². The molecule has 5 heteroatoms.